The molecule has 0 aliphatic rings. The van der Waals surface area contributed by atoms with E-state index in [1.54, 1.807) is 0 Å². The van der Waals surface area contributed by atoms with Crippen LogP contribution in [0.4, 0.5) is 0 Å². The Kier molecular flexibility index (Phi) is 13.1. The summed E-state index contributed by atoms with van der Waals surface area (Å²) < 4.78 is 25.5. The molecule has 2 nitrogen and oxygen atoms in total. The van der Waals surface area contributed by atoms with Gasteiger partial charge in [-0.05, 0) is 59.8 Å². The largest absolute Gasteiger partial charge is 0.224 e. The van der Waals surface area contributed by atoms with Crippen LogP contribution in [0, 0.1) is 6.92 Å². The third kappa shape index (κ3) is 8.73. The van der Waals surface area contributed by atoms with Crippen LogP contribution in [0.3, 0.4) is 0 Å². The average Bonchev–Trinajstić information content (AvgIpc) is 2.69. The Labute approximate surface area is 199 Å². The van der Waals surface area contributed by atoms with E-state index in [1.165, 1.54) is 29.5 Å². The Morgan fingerprint density at radius 2 is 1.22 bits per heavy atom. The normalized spacial score (nSPS) is 11.4. The van der Waals surface area contributed by atoms with Gasteiger partial charge in [0.05, 0.1) is 10.6 Å². The third-order valence-electron chi connectivity index (χ3n) is 5.52. The summed E-state index contributed by atoms with van der Waals surface area (Å²) in [6, 6.07) is 13.0. The highest BCUT2D eigenvalue weighted by atomic mass is 32.2. The number of hydrogen-bond acceptors (Lipinski definition) is 2. The lowest BCUT2D eigenvalue weighted by molar-refractivity contribution is 0.589. The minimum Gasteiger partial charge on any atom is -0.224 e. The molecule has 0 atom stereocenters. The summed E-state index contributed by atoms with van der Waals surface area (Å²) in [6.45, 7) is 18.9. The van der Waals surface area contributed by atoms with E-state index in [0.29, 0.717) is 17.2 Å². The number of benzene rings is 2. The Hall–Kier alpha value is -1.61. The molecular weight excluding hydrogens is 412 g/mol. The van der Waals surface area contributed by atoms with Crippen LogP contribution in [0.15, 0.2) is 41.3 Å². The molecule has 0 spiro atoms. The van der Waals surface area contributed by atoms with Gasteiger partial charge in [-0.25, -0.2) is 8.42 Å². The lowest BCUT2D eigenvalue weighted by Crippen LogP contribution is -2.15. The molecule has 0 bridgehead atoms. The van der Waals surface area contributed by atoms with Crippen LogP contribution in [0.25, 0.3) is 0 Å². The van der Waals surface area contributed by atoms with Crippen molar-refractivity contribution in [2.24, 2.45) is 0 Å². The summed E-state index contributed by atoms with van der Waals surface area (Å²) in [6.07, 6.45) is 3.10. The third-order valence-corrected chi connectivity index (χ3v) is 7.56. The van der Waals surface area contributed by atoms with Crippen LogP contribution < -0.4 is 0 Å². The summed E-state index contributed by atoms with van der Waals surface area (Å²) in [5.41, 5.74) is 6.00. The highest BCUT2D eigenvalue weighted by Gasteiger charge is 2.26. The molecule has 2 aromatic carbocycles. The lowest BCUT2D eigenvalue weighted by Gasteiger charge is -2.22. The van der Waals surface area contributed by atoms with Gasteiger partial charge in [0.15, 0.2) is 9.84 Å². The highest BCUT2D eigenvalue weighted by Crippen LogP contribution is 2.35. The molecule has 182 valence electrons. The van der Waals surface area contributed by atoms with Gasteiger partial charge in [0.1, 0.15) is 0 Å². The van der Waals surface area contributed by atoms with Crippen LogP contribution >= 0.6 is 0 Å². The zero-order chi connectivity index (χ0) is 23.8. The lowest BCUT2D eigenvalue weighted by atomic mass is 9.89. The molecule has 0 fully saturated rings. The topological polar surface area (TPSA) is 34.1 Å². The predicted octanol–water partition coefficient (Wildman–Crippen LogP) is 8.82. The van der Waals surface area contributed by atoms with Gasteiger partial charge in [-0.2, -0.15) is 0 Å². The molecule has 0 heterocycles. The minimum atomic E-state index is -3.20. The van der Waals surface area contributed by atoms with Gasteiger partial charge in [0.2, 0.25) is 0 Å². The van der Waals surface area contributed by atoms with Crippen molar-refractivity contribution in [1.82, 2.24) is 0 Å². The molecule has 0 unspecified atom stereocenters. The first kappa shape index (κ1) is 30.4. The van der Waals surface area contributed by atoms with Crippen LogP contribution in [-0.4, -0.2) is 14.2 Å². The Morgan fingerprint density at radius 1 is 0.750 bits per heavy atom. The van der Waals surface area contributed by atoms with Crippen molar-refractivity contribution in [1.29, 1.82) is 0 Å². The van der Waals surface area contributed by atoms with E-state index >= 15 is 0 Å². The number of hydrogen-bond donors (Lipinski definition) is 0. The maximum atomic E-state index is 12.8. The Bertz CT molecular complexity index is 876. The van der Waals surface area contributed by atoms with Crippen molar-refractivity contribution in [3.05, 3.63) is 64.2 Å². The second-order valence-electron chi connectivity index (χ2n) is 9.55. The van der Waals surface area contributed by atoms with Crippen molar-refractivity contribution >= 4 is 9.84 Å². The summed E-state index contributed by atoms with van der Waals surface area (Å²) in [4.78, 5) is 0.596. The molecule has 0 N–H and O–H groups in total. The van der Waals surface area contributed by atoms with E-state index in [9.17, 15) is 8.42 Å². The van der Waals surface area contributed by atoms with Gasteiger partial charge >= 0.3 is 0 Å². The number of sulfone groups is 1. The molecule has 0 saturated heterocycles. The molecule has 3 heteroatoms. The molecule has 2 aromatic rings. The second kappa shape index (κ2) is 13.8. The summed E-state index contributed by atoms with van der Waals surface area (Å²) >= 11 is 0. The van der Waals surface area contributed by atoms with Crippen LogP contribution in [0.2, 0.25) is 0 Å². The molecule has 0 amide bonds. The molecule has 2 rings (SSSR count). The predicted molar refractivity (Wildman–Crippen MR) is 143 cm³/mol. The van der Waals surface area contributed by atoms with E-state index in [-0.39, 0.29) is 25.0 Å². The van der Waals surface area contributed by atoms with Crippen LogP contribution in [0.1, 0.15) is 121 Å². The highest BCUT2D eigenvalue weighted by molar-refractivity contribution is 7.91. The molecule has 0 aliphatic carbocycles. The van der Waals surface area contributed by atoms with Crippen molar-refractivity contribution in [3.63, 3.8) is 0 Å². The zero-order valence-corrected chi connectivity index (χ0v) is 22.1. The van der Waals surface area contributed by atoms with Crippen molar-refractivity contribution in [2.45, 2.75) is 112 Å². The molecule has 0 saturated carbocycles. The molecule has 0 aromatic heterocycles. The smallest absolute Gasteiger partial charge is 0.178 e. The van der Waals surface area contributed by atoms with Gasteiger partial charge in [-0.15, -0.1) is 0 Å². The van der Waals surface area contributed by atoms with Crippen molar-refractivity contribution in [3.8, 4) is 0 Å². The SMILES string of the molecule is C.CCCS(=O)(=O)c1c(C(C)C)cc(C(C)C)cc1C(C)C.CCCc1ccc(C)cc1. The van der Waals surface area contributed by atoms with E-state index in [4.69, 9.17) is 0 Å². The van der Waals surface area contributed by atoms with Gasteiger partial charge in [0, 0.05) is 0 Å². The van der Waals surface area contributed by atoms with Gasteiger partial charge in [-0.3, -0.25) is 0 Å². The molecule has 0 radical (unpaired) electrons. The van der Waals surface area contributed by atoms with E-state index < -0.39 is 9.84 Å². The molecular formula is C29H48O2S. The van der Waals surface area contributed by atoms with Crippen molar-refractivity contribution in [2.75, 3.05) is 5.75 Å². The van der Waals surface area contributed by atoms with Crippen LogP contribution in [-0.2, 0) is 16.3 Å². The van der Waals surface area contributed by atoms with Gasteiger partial charge in [-0.1, -0.05) is 111 Å². The van der Waals surface area contributed by atoms with Gasteiger partial charge in [0.25, 0.3) is 0 Å². The number of aryl methyl sites for hydroxylation is 2. The van der Waals surface area contributed by atoms with E-state index in [1.807, 2.05) is 6.92 Å². The standard InChI is InChI=1S/C18H30O2S.C10H14.CH4/c1-8-9-21(19,20)18-16(13(4)5)10-15(12(2)3)11-17(18)14(6)7;1-3-4-10-7-5-9(2)6-8-10;/h10-14H,8-9H2,1-7H3;5-8H,3-4H2,1-2H3;1H4. The maximum absolute atomic E-state index is 12.8. The van der Waals surface area contributed by atoms with Crippen LogP contribution in [0.5, 0.6) is 0 Å². The summed E-state index contributed by atoms with van der Waals surface area (Å²) in [5, 5.41) is 0. The average molecular weight is 461 g/mol. The summed E-state index contributed by atoms with van der Waals surface area (Å²) in [5.74, 6) is 1.06. The maximum Gasteiger partial charge on any atom is 0.178 e. The molecule has 32 heavy (non-hydrogen) atoms. The number of rotatable bonds is 8. The fraction of sp³-hybridized carbons (Fsp3) is 0.586. The quantitative estimate of drug-likeness (QED) is 0.394. The molecule has 0 aliphatic heterocycles. The monoisotopic (exact) mass is 460 g/mol. The fourth-order valence-electron chi connectivity index (χ4n) is 3.66. The first-order chi connectivity index (χ1) is 14.4. The van der Waals surface area contributed by atoms with E-state index in [2.05, 4.69) is 91.8 Å². The summed E-state index contributed by atoms with van der Waals surface area (Å²) in [7, 11) is -3.20. The van der Waals surface area contributed by atoms with Crippen molar-refractivity contribution < 1.29 is 8.42 Å². The minimum absolute atomic E-state index is 0. The first-order valence-corrected chi connectivity index (χ1v) is 13.6. The zero-order valence-electron chi connectivity index (χ0n) is 21.2. The van der Waals surface area contributed by atoms with Gasteiger partial charge < -0.3 is 0 Å². The second-order valence-corrected chi connectivity index (χ2v) is 11.6. The fourth-order valence-corrected chi connectivity index (χ4v) is 5.71. The first-order valence-electron chi connectivity index (χ1n) is 11.9. The van der Waals surface area contributed by atoms with E-state index in [0.717, 1.165) is 11.1 Å². The Morgan fingerprint density at radius 3 is 1.56 bits per heavy atom. The Balaban J connectivity index is 0.000000733.